The lowest BCUT2D eigenvalue weighted by Gasteiger charge is -2.30. The predicted octanol–water partition coefficient (Wildman–Crippen LogP) is -0.985. The van der Waals surface area contributed by atoms with Crippen molar-refractivity contribution in [1.82, 2.24) is 9.03 Å². The first-order chi connectivity index (χ1) is 7.33. The molecule has 0 radical (unpaired) electrons. The highest BCUT2D eigenvalue weighted by atomic mass is 32.2. The van der Waals surface area contributed by atoms with Crippen molar-refractivity contribution >= 4 is 16.2 Å². The molecule has 0 aromatic carbocycles. The van der Waals surface area contributed by atoms with E-state index in [-0.39, 0.29) is 25.7 Å². The molecule has 0 amide bonds. The van der Waals surface area contributed by atoms with Crippen molar-refractivity contribution < 1.29 is 23.1 Å². The van der Waals surface area contributed by atoms with E-state index in [0.29, 0.717) is 0 Å². The standard InChI is InChI=1S/C8H16N2O5S/c1-6(2)9-16(13,14)10-3-4-15-7(5-10)8(11)12/h6-7,9H,3-5H2,1-2H3,(H,11,12). The van der Waals surface area contributed by atoms with E-state index in [1.165, 1.54) is 0 Å². The number of carboxylic acids is 1. The molecule has 16 heavy (non-hydrogen) atoms. The van der Waals surface area contributed by atoms with Crippen LogP contribution in [0.15, 0.2) is 0 Å². The molecule has 1 fully saturated rings. The number of nitrogens with one attached hydrogen (secondary N) is 1. The maximum absolute atomic E-state index is 11.7. The number of carboxylic acid groups (broad SMARTS) is 1. The Labute approximate surface area is 94.6 Å². The van der Waals surface area contributed by atoms with E-state index in [9.17, 15) is 13.2 Å². The molecule has 1 atom stereocenters. The van der Waals surface area contributed by atoms with E-state index >= 15 is 0 Å². The minimum absolute atomic E-state index is 0.0932. The van der Waals surface area contributed by atoms with E-state index in [4.69, 9.17) is 9.84 Å². The summed E-state index contributed by atoms with van der Waals surface area (Å²) in [6, 6.07) is -0.226. The fourth-order valence-corrected chi connectivity index (χ4v) is 2.76. The van der Waals surface area contributed by atoms with Gasteiger partial charge in [0.25, 0.3) is 10.2 Å². The van der Waals surface area contributed by atoms with Gasteiger partial charge >= 0.3 is 5.97 Å². The van der Waals surface area contributed by atoms with Crippen LogP contribution in [0, 0.1) is 0 Å². The van der Waals surface area contributed by atoms with E-state index in [1.54, 1.807) is 13.8 Å². The van der Waals surface area contributed by atoms with Gasteiger partial charge in [0.15, 0.2) is 6.10 Å². The van der Waals surface area contributed by atoms with Crippen LogP contribution in [-0.4, -0.2) is 55.6 Å². The summed E-state index contributed by atoms with van der Waals surface area (Å²) in [7, 11) is -3.61. The second-order valence-corrected chi connectivity index (χ2v) is 5.54. The molecule has 1 aliphatic heterocycles. The zero-order chi connectivity index (χ0) is 12.3. The second kappa shape index (κ2) is 5.09. The van der Waals surface area contributed by atoms with Crippen molar-refractivity contribution in [1.29, 1.82) is 0 Å². The molecule has 94 valence electrons. The fourth-order valence-electron chi connectivity index (χ4n) is 1.37. The van der Waals surface area contributed by atoms with Crippen LogP contribution in [0.2, 0.25) is 0 Å². The Morgan fingerprint density at radius 2 is 2.19 bits per heavy atom. The van der Waals surface area contributed by atoms with E-state index < -0.39 is 22.3 Å². The SMILES string of the molecule is CC(C)NS(=O)(=O)N1CCOC(C(=O)O)C1. The highest BCUT2D eigenvalue weighted by Gasteiger charge is 2.33. The van der Waals surface area contributed by atoms with Gasteiger partial charge < -0.3 is 9.84 Å². The minimum Gasteiger partial charge on any atom is -0.479 e. The lowest BCUT2D eigenvalue weighted by Crippen LogP contribution is -2.53. The summed E-state index contributed by atoms with van der Waals surface area (Å²) in [6.07, 6.45) is -1.09. The van der Waals surface area contributed by atoms with E-state index in [2.05, 4.69) is 4.72 Å². The highest BCUT2D eigenvalue weighted by Crippen LogP contribution is 2.09. The second-order valence-electron chi connectivity index (χ2n) is 3.83. The van der Waals surface area contributed by atoms with Crippen LogP contribution in [0.3, 0.4) is 0 Å². The Bertz CT molecular complexity index is 353. The number of ether oxygens (including phenoxy) is 1. The quantitative estimate of drug-likeness (QED) is 0.670. The summed E-state index contributed by atoms with van der Waals surface area (Å²) in [5, 5.41) is 8.74. The highest BCUT2D eigenvalue weighted by molar-refractivity contribution is 7.87. The predicted molar refractivity (Wildman–Crippen MR) is 56.1 cm³/mol. The Hall–Kier alpha value is -0.700. The summed E-state index contributed by atoms with van der Waals surface area (Å²) in [5.74, 6) is -1.15. The van der Waals surface area contributed by atoms with Crippen molar-refractivity contribution in [2.45, 2.75) is 26.0 Å². The summed E-state index contributed by atoms with van der Waals surface area (Å²) < 4.78 is 31.9. The van der Waals surface area contributed by atoms with Crippen LogP contribution in [0.25, 0.3) is 0 Å². The summed E-state index contributed by atoms with van der Waals surface area (Å²) in [6.45, 7) is 3.51. The largest absolute Gasteiger partial charge is 0.479 e. The molecular weight excluding hydrogens is 236 g/mol. The molecule has 1 rings (SSSR count). The molecule has 0 aromatic heterocycles. The summed E-state index contributed by atoms with van der Waals surface area (Å²) >= 11 is 0. The average molecular weight is 252 g/mol. The van der Waals surface area contributed by atoms with Gasteiger partial charge in [-0.15, -0.1) is 0 Å². The molecule has 1 aliphatic rings. The molecule has 0 spiro atoms. The Morgan fingerprint density at radius 3 is 2.69 bits per heavy atom. The van der Waals surface area contributed by atoms with Crippen molar-refractivity contribution in [3.63, 3.8) is 0 Å². The maximum atomic E-state index is 11.7. The van der Waals surface area contributed by atoms with E-state index in [1.807, 2.05) is 0 Å². The van der Waals surface area contributed by atoms with Gasteiger partial charge in [0.2, 0.25) is 0 Å². The topological polar surface area (TPSA) is 95.9 Å². The third kappa shape index (κ3) is 3.41. The molecule has 2 N–H and O–H groups in total. The first kappa shape index (κ1) is 13.4. The normalized spacial score (nSPS) is 23.6. The number of hydrogen-bond acceptors (Lipinski definition) is 4. The van der Waals surface area contributed by atoms with Gasteiger partial charge in [-0.3, -0.25) is 0 Å². The van der Waals surface area contributed by atoms with Gasteiger partial charge in [-0.2, -0.15) is 17.4 Å². The zero-order valence-corrected chi connectivity index (χ0v) is 10.0. The van der Waals surface area contributed by atoms with Crippen molar-refractivity contribution in [3.8, 4) is 0 Å². The number of aliphatic carboxylic acids is 1. The molecule has 8 heteroatoms. The third-order valence-electron chi connectivity index (χ3n) is 2.03. The summed E-state index contributed by atoms with van der Waals surface area (Å²) in [5.41, 5.74) is 0. The molecular formula is C8H16N2O5S. The van der Waals surface area contributed by atoms with Gasteiger partial charge in [-0.1, -0.05) is 0 Å². The third-order valence-corrected chi connectivity index (χ3v) is 3.81. The monoisotopic (exact) mass is 252 g/mol. The Morgan fingerprint density at radius 1 is 1.56 bits per heavy atom. The van der Waals surface area contributed by atoms with Crippen molar-refractivity contribution in [2.24, 2.45) is 0 Å². The number of morpholine rings is 1. The lowest BCUT2D eigenvalue weighted by atomic mass is 10.3. The molecule has 1 saturated heterocycles. The molecule has 7 nitrogen and oxygen atoms in total. The minimum atomic E-state index is -3.61. The molecule has 0 saturated carbocycles. The van der Waals surface area contributed by atoms with Gasteiger partial charge in [0.05, 0.1) is 13.2 Å². The van der Waals surface area contributed by atoms with Crippen LogP contribution in [-0.2, 0) is 19.7 Å². The van der Waals surface area contributed by atoms with Crippen LogP contribution < -0.4 is 4.72 Å². The maximum Gasteiger partial charge on any atom is 0.334 e. The average Bonchev–Trinajstić information content (AvgIpc) is 2.16. The molecule has 1 heterocycles. The van der Waals surface area contributed by atoms with Crippen molar-refractivity contribution in [3.05, 3.63) is 0 Å². The van der Waals surface area contributed by atoms with Crippen LogP contribution in [0.5, 0.6) is 0 Å². The number of rotatable bonds is 4. The van der Waals surface area contributed by atoms with Crippen molar-refractivity contribution in [2.75, 3.05) is 19.7 Å². The summed E-state index contributed by atoms with van der Waals surface area (Å²) in [4.78, 5) is 10.7. The number of nitrogens with zero attached hydrogens (tertiary/aromatic N) is 1. The van der Waals surface area contributed by atoms with Crippen LogP contribution in [0.1, 0.15) is 13.8 Å². The lowest BCUT2D eigenvalue weighted by molar-refractivity contribution is -0.153. The zero-order valence-electron chi connectivity index (χ0n) is 9.21. The van der Waals surface area contributed by atoms with Gasteiger partial charge in [0.1, 0.15) is 0 Å². The Kier molecular flexibility index (Phi) is 4.25. The Balaban J connectivity index is 2.70. The molecule has 0 aliphatic carbocycles. The van der Waals surface area contributed by atoms with Gasteiger partial charge in [-0.05, 0) is 13.8 Å². The van der Waals surface area contributed by atoms with Crippen LogP contribution in [0.4, 0.5) is 0 Å². The fraction of sp³-hybridized carbons (Fsp3) is 0.875. The van der Waals surface area contributed by atoms with E-state index in [0.717, 1.165) is 4.31 Å². The molecule has 0 aromatic rings. The molecule has 1 unspecified atom stereocenters. The first-order valence-corrected chi connectivity index (χ1v) is 6.38. The number of hydrogen-bond donors (Lipinski definition) is 2. The number of carbonyl (C=O) groups is 1. The smallest absolute Gasteiger partial charge is 0.334 e. The van der Waals surface area contributed by atoms with Gasteiger partial charge in [0, 0.05) is 12.6 Å². The van der Waals surface area contributed by atoms with Gasteiger partial charge in [-0.25, -0.2) is 4.79 Å². The van der Waals surface area contributed by atoms with Crippen LogP contribution >= 0.6 is 0 Å². The molecule has 0 bridgehead atoms. The first-order valence-electron chi connectivity index (χ1n) is 4.94.